The molecule has 0 radical (unpaired) electrons. The Kier molecular flexibility index (Phi) is 6.17. The molecule has 1 atom stereocenters. The van der Waals surface area contributed by atoms with E-state index in [1.165, 1.54) is 16.2 Å². The Balaban J connectivity index is 1.68. The number of fused-ring (bicyclic) bond motifs is 2. The lowest BCUT2D eigenvalue weighted by Crippen LogP contribution is -2.29. The predicted octanol–water partition coefficient (Wildman–Crippen LogP) is 5.81. The second-order valence-electron chi connectivity index (χ2n) is 8.64. The highest BCUT2D eigenvalue weighted by atomic mass is 35.5. The number of anilines is 1. The number of rotatable bonds is 7. The molecule has 1 unspecified atom stereocenters. The van der Waals surface area contributed by atoms with Crippen LogP contribution in [0.1, 0.15) is 46.6 Å². The zero-order valence-corrected chi connectivity index (χ0v) is 20.7. The molecule has 2 aromatic heterocycles. The fourth-order valence-corrected chi connectivity index (χ4v) is 5.38. The summed E-state index contributed by atoms with van der Waals surface area (Å²) in [5.41, 5.74) is 0.976. The van der Waals surface area contributed by atoms with Crippen molar-refractivity contribution in [2.24, 2.45) is 5.92 Å². The standard InChI is InChI=1S/C26H22ClN3O4S/c1-4-11-33-17-8-5-15(6-9-17)22-21-23(31)18-13-16(27)7-10-19(18)34-24(21)25(32)30(22)26-29-28-20(35-26)12-14(2)3/h4-10,13-14,22H,1,11-12H2,2-3H3. The number of amides is 1. The fraction of sp³-hybridized carbons (Fsp3) is 0.231. The van der Waals surface area contributed by atoms with Crippen molar-refractivity contribution in [3.63, 3.8) is 0 Å². The molecule has 3 heterocycles. The Morgan fingerprint density at radius 1 is 1.20 bits per heavy atom. The average Bonchev–Trinajstić information content (AvgIpc) is 3.40. The van der Waals surface area contributed by atoms with Crippen molar-refractivity contribution in [3.05, 3.63) is 92.3 Å². The smallest absolute Gasteiger partial charge is 0.297 e. The Hall–Kier alpha value is -3.49. The van der Waals surface area contributed by atoms with Gasteiger partial charge in [0.2, 0.25) is 10.9 Å². The van der Waals surface area contributed by atoms with Gasteiger partial charge in [0, 0.05) is 11.4 Å². The number of aromatic nitrogens is 2. The summed E-state index contributed by atoms with van der Waals surface area (Å²) in [6.07, 6.45) is 2.40. The maximum absolute atomic E-state index is 13.7. The molecule has 0 aliphatic carbocycles. The van der Waals surface area contributed by atoms with Crippen LogP contribution in [0.5, 0.6) is 5.75 Å². The molecule has 9 heteroatoms. The normalized spacial score (nSPS) is 15.1. The number of hydrogen-bond donors (Lipinski definition) is 0. The molecule has 0 fully saturated rings. The lowest BCUT2D eigenvalue weighted by molar-refractivity contribution is 0.0970. The Morgan fingerprint density at radius 3 is 2.69 bits per heavy atom. The Morgan fingerprint density at radius 2 is 1.97 bits per heavy atom. The molecule has 1 aliphatic heterocycles. The third kappa shape index (κ3) is 4.24. The second-order valence-corrected chi connectivity index (χ2v) is 10.1. The van der Waals surface area contributed by atoms with Gasteiger partial charge in [0.15, 0.2) is 5.43 Å². The molecule has 35 heavy (non-hydrogen) atoms. The molecule has 0 N–H and O–H groups in total. The molecule has 4 aromatic rings. The van der Waals surface area contributed by atoms with Gasteiger partial charge in [0.1, 0.15) is 22.9 Å². The molecule has 0 saturated carbocycles. The highest BCUT2D eigenvalue weighted by Gasteiger charge is 2.45. The van der Waals surface area contributed by atoms with Crippen LogP contribution in [0.15, 0.2) is 64.3 Å². The van der Waals surface area contributed by atoms with E-state index in [1.54, 1.807) is 36.4 Å². The summed E-state index contributed by atoms with van der Waals surface area (Å²) in [4.78, 5) is 28.8. The first-order valence-corrected chi connectivity index (χ1v) is 12.3. The Labute approximate surface area is 210 Å². The number of carbonyl (C=O) groups is 1. The van der Waals surface area contributed by atoms with Crippen molar-refractivity contribution in [2.75, 3.05) is 11.5 Å². The first-order valence-electron chi connectivity index (χ1n) is 11.1. The maximum atomic E-state index is 13.7. The van der Waals surface area contributed by atoms with Crippen molar-refractivity contribution >= 4 is 44.9 Å². The van der Waals surface area contributed by atoms with Gasteiger partial charge in [0.25, 0.3) is 5.91 Å². The van der Waals surface area contributed by atoms with E-state index in [0.29, 0.717) is 39.4 Å². The molecule has 0 spiro atoms. The highest BCUT2D eigenvalue weighted by Crippen LogP contribution is 2.42. The van der Waals surface area contributed by atoms with Crippen molar-refractivity contribution in [1.29, 1.82) is 0 Å². The van der Waals surface area contributed by atoms with Crippen LogP contribution in [0, 0.1) is 5.92 Å². The van der Waals surface area contributed by atoms with Crippen LogP contribution in [0.4, 0.5) is 5.13 Å². The van der Waals surface area contributed by atoms with E-state index < -0.39 is 11.9 Å². The number of halogens is 1. The van der Waals surface area contributed by atoms with Crippen molar-refractivity contribution in [3.8, 4) is 5.75 Å². The van der Waals surface area contributed by atoms with E-state index in [9.17, 15) is 9.59 Å². The summed E-state index contributed by atoms with van der Waals surface area (Å²) >= 11 is 7.50. The highest BCUT2D eigenvalue weighted by molar-refractivity contribution is 7.15. The van der Waals surface area contributed by atoms with Gasteiger partial charge in [-0.2, -0.15) is 0 Å². The molecule has 0 bridgehead atoms. The van der Waals surface area contributed by atoms with Gasteiger partial charge in [-0.25, -0.2) is 0 Å². The summed E-state index contributed by atoms with van der Waals surface area (Å²) in [6, 6.07) is 11.3. The molecular weight excluding hydrogens is 486 g/mol. The van der Waals surface area contributed by atoms with Gasteiger partial charge in [-0.15, -0.1) is 10.2 Å². The minimum Gasteiger partial charge on any atom is -0.490 e. The first kappa shape index (κ1) is 23.3. The SMILES string of the molecule is C=CCOc1ccc(C2c3c(oc4ccc(Cl)cc4c3=O)C(=O)N2c2nnc(CC(C)C)s2)cc1. The molecule has 0 saturated heterocycles. The van der Waals surface area contributed by atoms with Gasteiger partial charge in [-0.1, -0.05) is 61.6 Å². The maximum Gasteiger partial charge on any atom is 0.297 e. The minimum absolute atomic E-state index is 0.00224. The number of ether oxygens (including phenoxy) is 1. The number of hydrogen-bond acceptors (Lipinski definition) is 7. The summed E-state index contributed by atoms with van der Waals surface area (Å²) in [6.45, 7) is 8.22. The number of carbonyl (C=O) groups excluding carboxylic acids is 1. The van der Waals surface area contributed by atoms with Gasteiger partial charge in [-0.05, 0) is 41.8 Å². The van der Waals surface area contributed by atoms with E-state index in [1.807, 2.05) is 12.1 Å². The molecule has 178 valence electrons. The van der Waals surface area contributed by atoms with Crippen LogP contribution < -0.4 is 15.1 Å². The molecular formula is C26H22ClN3O4S. The molecule has 5 rings (SSSR count). The van der Waals surface area contributed by atoms with Crippen molar-refractivity contribution in [1.82, 2.24) is 10.2 Å². The monoisotopic (exact) mass is 507 g/mol. The van der Waals surface area contributed by atoms with Crippen LogP contribution in [0.25, 0.3) is 11.0 Å². The number of nitrogens with zero attached hydrogens (tertiary/aromatic N) is 3. The minimum atomic E-state index is -0.731. The van der Waals surface area contributed by atoms with Crippen molar-refractivity contribution < 1.29 is 13.9 Å². The van der Waals surface area contributed by atoms with Crippen LogP contribution in [0.3, 0.4) is 0 Å². The first-order chi connectivity index (χ1) is 16.9. The third-order valence-electron chi connectivity index (χ3n) is 5.64. The van der Waals surface area contributed by atoms with Gasteiger partial charge in [-0.3, -0.25) is 14.5 Å². The molecule has 1 aliphatic rings. The van der Waals surface area contributed by atoms with Gasteiger partial charge in [0.05, 0.1) is 17.0 Å². The summed E-state index contributed by atoms with van der Waals surface area (Å²) < 4.78 is 11.6. The third-order valence-corrected chi connectivity index (χ3v) is 6.82. The predicted molar refractivity (Wildman–Crippen MR) is 137 cm³/mol. The van der Waals surface area contributed by atoms with E-state index in [0.717, 1.165) is 17.0 Å². The molecule has 2 aromatic carbocycles. The second kappa shape index (κ2) is 9.28. The van der Waals surface area contributed by atoms with E-state index in [2.05, 4.69) is 30.6 Å². The summed E-state index contributed by atoms with van der Waals surface area (Å²) in [7, 11) is 0. The largest absolute Gasteiger partial charge is 0.490 e. The lowest BCUT2D eigenvalue weighted by Gasteiger charge is -2.22. The number of benzene rings is 2. The van der Waals surface area contributed by atoms with Crippen molar-refractivity contribution in [2.45, 2.75) is 26.3 Å². The van der Waals surface area contributed by atoms with Gasteiger partial charge >= 0.3 is 0 Å². The van der Waals surface area contributed by atoms with E-state index in [4.69, 9.17) is 20.8 Å². The molecule has 7 nitrogen and oxygen atoms in total. The van der Waals surface area contributed by atoms with Crippen LogP contribution in [-0.2, 0) is 6.42 Å². The van der Waals surface area contributed by atoms with Gasteiger partial charge < -0.3 is 9.15 Å². The van der Waals surface area contributed by atoms with Crippen LogP contribution >= 0.6 is 22.9 Å². The zero-order valence-electron chi connectivity index (χ0n) is 19.2. The summed E-state index contributed by atoms with van der Waals surface area (Å²) in [5.74, 6) is 0.609. The van der Waals surface area contributed by atoms with E-state index in [-0.39, 0.29) is 16.8 Å². The average molecular weight is 508 g/mol. The fourth-order valence-electron chi connectivity index (χ4n) is 4.13. The van der Waals surface area contributed by atoms with E-state index >= 15 is 0 Å². The van der Waals surface area contributed by atoms with Crippen LogP contribution in [0.2, 0.25) is 5.02 Å². The lowest BCUT2D eigenvalue weighted by atomic mass is 9.98. The van der Waals surface area contributed by atoms with Crippen LogP contribution in [-0.4, -0.2) is 22.7 Å². The summed E-state index contributed by atoms with van der Waals surface area (Å²) in [5, 5.41) is 10.6. The molecule has 1 amide bonds. The zero-order chi connectivity index (χ0) is 24.7. The topological polar surface area (TPSA) is 85.5 Å². The Bertz CT molecular complexity index is 1490. The quantitative estimate of drug-likeness (QED) is 0.293.